The molecule has 0 aromatic carbocycles. The van der Waals surface area contributed by atoms with E-state index in [-0.39, 0.29) is 18.4 Å². The molecule has 0 aromatic rings. The maximum atomic E-state index is 10.5. The van der Waals surface area contributed by atoms with Crippen molar-refractivity contribution in [1.29, 1.82) is 0 Å². The Labute approximate surface area is 152 Å². The summed E-state index contributed by atoms with van der Waals surface area (Å²) in [6, 6.07) is 0. The molecule has 4 heteroatoms. The number of unbranched alkanes of at least 4 members (excludes halogenated alkanes) is 2. The zero-order chi connectivity index (χ0) is 18.7. The molecule has 1 saturated carbocycles. The van der Waals surface area contributed by atoms with Crippen molar-refractivity contribution in [2.24, 2.45) is 11.8 Å². The smallest absolute Gasteiger partial charge is 0.303 e. The van der Waals surface area contributed by atoms with Gasteiger partial charge < -0.3 is 15.3 Å². The summed E-state index contributed by atoms with van der Waals surface area (Å²) in [7, 11) is 0. The minimum absolute atomic E-state index is 0.168. The van der Waals surface area contributed by atoms with E-state index in [4.69, 9.17) is 5.11 Å². The first-order valence-electron chi connectivity index (χ1n) is 9.82. The fraction of sp³-hybridized carbons (Fsp3) is 0.762. The van der Waals surface area contributed by atoms with Crippen LogP contribution in [0.5, 0.6) is 0 Å². The Kier molecular flexibility index (Phi) is 10.1. The number of allylic oxidation sites excluding steroid dienone is 3. The topological polar surface area (TPSA) is 77.8 Å². The van der Waals surface area contributed by atoms with Crippen LogP contribution in [0.25, 0.3) is 0 Å². The number of carbonyl (C=O) groups is 1. The summed E-state index contributed by atoms with van der Waals surface area (Å²) in [6.45, 7) is 4.02. The van der Waals surface area contributed by atoms with E-state index in [1.165, 1.54) is 0 Å². The van der Waals surface area contributed by atoms with Crippen molar-refractivity contribution in [1.82, 2.24) is 0 Å². The molecule has 4 unspecified atom stereocenters. The molecular formula is C21H36O4. The molecular weight excluding hydrogens is 316 g/mol. The van der Waals surface area contributed by atoms with E-state index in [0.29, 0.717) is 12.3 Å². The molecule has 3 N–H and O–H groups in total. The largest absolute Gasteiger partial charge is 0.481 e. The maximum absolute atomic E-state index is 10.5. The predicted octanol–water partition coefficient (Wildman–Crippen LogP) is 4.46. The summed E-state index contributed by atoms with van der Waals surface area (Å²) in [5, 5.41) is 29.3. The van der Waals surface area contributed by atoms with Gasteiger partial charge in [-0.3, -0.25) is 4.79 Å². The Morgan fingerprint density at radius 1 is 1.20 bits per heavy atom. The van der Waals surface area contributed by atoms with Crippen molar-refractivity contribution in [3.63, 3.8) is 0 Å². The first kappa shape index (κ1) is 21.9. The van der Waals surface area contributed by atoms with E-state index in [0.717, 1.165) is 51.4 Å². The number of carboxylic acids is 1. The number of aliphatic carboxylic acids is 1. The summed E-state index contributed by atoms with van der Waals surface area (Å²) >= 11 is 0. The number of aliphatic hydroxyl groups is 2. The quantitative estimate of drug-likeness (QED) is 0.358. The highest BCUT2D eigenvalue weighted by molar-refractivity contribution is 5.66. The zero-order valence-corrected chi connectivity index (χ0v) is 15.9. The van der Waals surface area contributed by atoms with Crippen molar-refractivity contribution in [2.75, 3.05) is 0 Å². The van der Waals surface area contributed by atoms with Gasteiger partial charge in [-0.2, -0.15) is 0 Å². The normalized spacial score (nSPS) is 26.5. The molecule has 144 valence electrons. The van der Waals surface area contributed by atoms with Gasteiger partial charge in [-0.05, 0) is 57.3 Å². The van der Waals surface area contributed by atoms with Crippen molar-refractivity contribution in [3.05, 3.63) is 24.3 Å². The third kappa shape index (κ3) is 9.22. The van der Waals surface area contributed by atoms with Crippen LogP contribution >= 0.6 is 0 Å². The second kappa shape index (κ2) is 11.5. The number of hydrogen-bond donors (Lipinski definition) is 3. The molecule has 4 nitrogen and oxygen atoms in total. The van der Waals surface area contributed by atoms with Gasteiger partial charge >= 0.3 is 5.97 Å². The summed E-state index contributed by atoms with van der Waals surface area (Å²) in [5.74, 6) is -0.223. The minimum atomic E-state index is -0.771. The molecule has 0 amide bonds. The van der Waals surface area contributed by atoms with Gasteiger partial charge in [-0.1, -0.05) is 50.5 Å². The molecule has 25 heavy (non-hydrogen) atoms. The van der Waals surface area contributed by atoms with Crippen LogP contribution in [0, 0.1) is 11.8 Å². The Hall–Kier alpha value is -1.13. The third-order valence-corrected chi connectivity index (χ3v) is 5.19. The van der Waals surface area contributed by atoms with Gasteiger partial charge in [0.15, 0.2) is 0 Å². The van der Waals surface area contributed by atoms with Crippen LogP contribution in [0.3, 0.4) is 0 Å². The molecule has 1 aliphatic carbocycles. The van der Waals surface area contributed by atoms with Gasteiger partial charge in [0.25, 0.3) is 0 Å². The lowest BCUT2D eigenvalue weighted by Crippen LogP contribution is -2.22. The summed E-state index contributed by atoms with van der Waals surface area (Å²) in [4.78, 5) is 10.5. The summed E-state index contributed by atoms with van der Waals surface area (Å²) in [6.07, 6.45) is 16.1. The molecule has 1 aliphatic rings. The monoisotopic (exact) mass is 352 g/mol. The van der Waals surface area contributed by atoms with Crippen molar-refractivity contribution in [2.45, 2.75) is 89.8 Å². The number of aliphatic hydroxyl groups excluding tert-OH is 1. The van der Waals surface area contributed by atoms with Gasteiger partial charge in [0.05, 0.1) is 11.7 Å². The maximum Gasteiger partial charge on any atom is 0.303 e. The van der Waals surface area contributed by atoms with E-state index in [1.807, 2.05) is 25.2 Å². The third-order valence-electron chi connectivity index (χ3n) is 5.19. The molecule has 0 spiro atoms. The fourth-order valence-corrected chi connectivity index (χ4v) is 3.60. The lowest BCUT2D eigenvalue weighted by atomic mass is 9.88. The molecule has 4 atom stereocenters. The molecule has 0 bridgehead atoms. The van der Waals surface area contributed by atoms with Crippen LogP contribution in [0.1, 0.15) is 78.1 Å². The molecule has 0 saturated heterocycles. The van der Waals surface area contributed by atoms with Crippen LogP contribution in [0.4, 0.5) is 0 Å². The molecule has 1 rings (SSSR count). The average molecular weight is 353 g/mol. The van der Waals surface area contributed by atoms with Gasteiger partial charge in [-0.15, -0.1) is 0 Å². The zero-order valence-electron chi connectivity index (χ0n) is 15.9. The van der Waals surface area contributed by atoms with E-state index in [1.54, 1.807) is 0 Å². The van der Waals surface area contributed by atoms with E-state index >= 15 is 0 Å². The first-order valence-corrected chi connectivity index (χ1v) is 9.82. The number of rotatable bonds is 12. The Bertz CT molecular complexity index is 439. The molecule has 0 radical (unpaired) electrons. The Balaban J connectivity index is 2.44. The fourth-order valence-electron chi connectivity index (χ4n) is 3.60. The van der Waals surface area contributed by atoms with Crippen LogP contribution in [0.15, 0.2) is 24.3 Å². The Morgan fingerprint density at radius 3 is 2.60 bits per heavy atom. The summed E-state index contributed by atoms with van der Waals surface area (Å²) in [5.41, 5.74) is -0.760. The minimum Gasteiger partial charge on any atom is -0.481 e. The van der Waals surface area contributed by atoms with E-state index in [2.05, 4.69) is 13.0 Å². The second-order valence-electron chi connectivity index (χ2n) is 7.63. The Morgan fingerprint density at radius 2 is 1.92 bits per heavy atom. The average Bonchev–Trinajstić information content (AvgIpc) is 2.89. The van der Waals surface area contributed by atoms with Crippen LogP contribution in [-0.2, 0) is 4.79 Å². The SMILES string of the molecule is CCCCCC(C)(O)C=CC1CCC(O)C1CCC=CCCC(=O)O. The van der Waals surface area contributed by atoms with Crippen LogP contribution < -0.4 is 0 Å². The molecule has 0 heterocycles. The van der Waals surface area contributed by atoms with Gasteiger partial charge in [-0.25, -0.2) is 0 Å². The standard InChI is InChI=1S/C21H36O4/c1-3-4-9-15-21(2,25)16-14-17-12-13-19(22)18(17)10-7-5-6-8-11-20(23)24/h5-6,14,16-19,22,25H,3-4,7-13,15H2,1-2H3,(H,23,24). The van der Waals surface area contributed by atoms with Crippen LogP contribution in [-0.4, -0.2) is 33.0 Å². The summed E-state index contributed by atoms with van der Waals surface area (Å²) < 4.78 is 0. The number of carboxylic acid groups (broad SMARTS) is 1. The lowest BCUT2D eigenvalue weighted by molar-refractivity contribution is -0.136. The highest BCUT2D eigenvalue weighted by Gasteiger charge is 2.33. The number of hydrogen-bond acceptors (Lipinski definition) is 3. The highest BCUT2D eigenvalue weighted by Crippen LogP contribution is 2.37. The molecule has 1 fully saturated rings. The van der Waals surface area contributed by atoms with Crippen molar-refractivity contribution < 1.29 is 20.1 Å². The van der Waals surface area contributed by atoms with Gasteiger partial charge in [0, 0.05) is 6.42 Å². The predicted molar refractivity (Wildman–Crippen MR) is 101 cm³/mol. The molecule has 0 aliphatic heterocycles. The van der Waals surface area contributed by atoms with Crippen molar-refractivity contribution >= 4 is 5.97 Å². The van der Waals surface area contributed by atoms with Crippen molar-refractivity contribution in [3.8, 4) is 0 Å². The van der Waals surface area contributed by atoms with E-state index < -0.39 is 11.6 Å². The first-order chi connectivity index (χ1) is 11.9. The van der Waals surface area contributed by atoms with E-state index in [9.17, 15) is 15.0 Å². The highest BCUT2D eigenvalue weighted by atomic mass is 16.4. The second-order valence-corrected chi connectivity index (χ2v) is 7.63. The lowest BCUT2D eigenvalue weighted by Gasteiger charge is -2.22. The molecule has 0 aromatic heterocycles. The van der Waals surface area contributed by atoms with Crippen LogP contribution in [0.2, 0.25) is 0 Å². The van der Waals surface area contributed by atoms with Gasteiger partial charge in [0.1, 0.15) is 0 Å². The van der Waals surface area contributed by atoms with Gasteiger partial charge in [0.2, 0.25) is 0 Å².